The van der Waals surface area contributed by atoms with Crippen LogP contribution in [-0.2, 0) is 4.79 Å². The quantitative estimate of drug-likeness (QED) is 0.389. The molecule has 1 aromatic heterocycles. The van der Waals surface area contributed by atoms with Crippen molar-refractivity contribution in [3.63, 3.8) is 0 Å². The average Bonchev–Trinajstić information content (AvgIpc) is 3.07. The van der Waals surface area contributed by atoms with Gasteiger partial charge in [0.1, 0.15) is 17.1 Å². The van der Waals surface area contributed by atoms with Crippen molar-refractivity contribution in [1.29, 1.82) is 0 Å². The van der Waals surface area contributed by atoms with Crippen molar-refractivity contribution in [2.75, 3.05) is 0 Å². The van der Waals surface area contributed by atoms with Crippen molar-refractivity contribution in [2.24, 2.45) is 5.41 Å². The Bertz CT molecular complexity index is 1330. The molecule has 0 saturated heterocycles. The molecule has 5 rings (SSSR count). The van der Waals surface area contributed by atoms with Crippen LogP contribution in [0.25, 0.3) is 38.6 Å². The number of carbonyl (C=O) groups is 1. The van der Waals surface area contributed by atoms with E-state index in [0.717, 1.165) is 32.9 Å². The largest absolute Gasteiger partial charge is 0.512 e. The molecule has 0 amide bonds. The molecule has 3 aromatic carbocycles. The Morgan fingerprint density at radius 3 is 2.40 bits per heavy atom. The van der Waals surface area contributed by atoms with E-state index in [1.807, 2.05) is 75.4 Å². The van der Waals surface area contributed by atoms with E-state index < -0.39 is 0 Å². The smallest absolute Gasteiger partial charge is 0.167 e. The van der Waals surface area contributed by atoms with Gasteiger partial charge in [0.2, 0.25) is 0 Å². The van der Waals surface area contributed by atoms with E-state index in [-0.39, 0.29) is 17.0 Å². The lowest BCUT2D eigenvalue weighted by Gasteiger charge is -2.29. The molecule has 0 fully saturated rings. The van der Waals surface area contributed by atoms with Crippen LogP contribution in [0.4, 0.5) is 0 Å². The number of hydrogen-bond acceptors (Lipinski definition) is 3. The summed E-state index contributed by atoms with van der Waals surface area (Å²) in [5.74, 6) is 0.754. The zero-order chi connectivity index (χ0) is 21.0. The van der Waals surface area contributed by atoms with Crippen molar-refractivity contribution in [3.05, 3.63) is 77.5 Å². The van der Waals surface area contributed by atoms with Gasteiger partial charge in [-0.25, -0.2) is 0 Å². The van der Waals surface area contributed by atoms with Crippen LogP contribution >= 0.6 is 0 Å². The molecule has 1 aliphatic carbocycles. The van der Waals surface area contributed by atoms with E-state index in [1.54, 1.807) is 0 Å². The highest BCUT2D eigenvalue weighted by molar-refractivity contribution is 6.29. The molecule has 0 radical (unpaired) electrons. The van der Waals surface area contributed by atoms with Crippen molar-refractivity contribution < 1.29 is 14.3 Å². The third-order valence-electron chi connectivity index (χ3n) is 6.00. The van der Waals surface area contributed by atoms with Gasteiger partial charge in [0, 0.05) is 29.4 Å². The number of aliphatic hydroxyl groups excluding tert-OH is 1. The lowest BCUT2D eigenvalue weighted by molar-refractivity contribution is -0.116. The molecule has 3 heteroatoms. The van der Waals surface area contributed by atoms with E-state index in [1.165, 1.54) is 0 Å². The van der Waals surface area contributed by atoms with E-state index in [0.29, 0.717) is 29.7 Å². The molecule has 0 aliphatic heterocycles. The van der Waals surface area contributed by atoms with Gasteiger partial charge in [-0.3, -0.25) is 4.79 Å². The molecule has 0 spiro atoms. The third-order valence-corrected chi connectivity index (χ3v) is 6.00. The van der Waals surface area contributed by atoms with Crippen LogP contribution in [0, 0.1) is 12.3 Å². The first-order valence-corrected chi connectivity index (χ1v) is 10.3. The number of fused-ring (bicyclic) bond motifs is 3. The summed E-state index contributed by atoms with van der Waals surface area (Å²) in [5, 5.41) is 14.0. The summed E-state index contributed by atoms with van der Waals surface area (Å²) in [4.78, 5) is 13.3. The Kier molecular flexibility index (Phi) is 4.11. The first-order chi connectivity index (χ1) is 14.3. The Balaban J connectivity index is 1.91. The molecule has 1 aliphatic rings. The highest BCUT2D eigenvalue weighted by Crippen LogP contribution is 2.47. The van der Waals surface area contributed by atoms with E-state index in [4.69, 9.17) is 4.42 Å². The minimum atomic E-state index is -0.254. The predicted octanol–water partition coefficient (Wildman–Crippen LogP) is 7.22. The topological polar surface area (TPSA) is 50.4 Å². The van der Waals surface area contributed by atoms with Crippen LogP contribution in [0.2, 0.25) is 0 Å². The fourth-order valence-corrected chi connectivity index (χ4v) is 4.59. The number of aryl methyl sites for hydroxylation is 1. The molecule has 3 nitrogen and oxygen atoms in total. The molecule has 4 aromatic rings. The standard InChI is InChI=1S/C27H24O3/c1-16-8-10-18(11-9-16)26-25(24-20(28)14-27(2,3)15-21(24)29)23-19-7-5-4-6-17(19)12-13-22(23)30-26/h4-13,28H,14-15H2,1-3H3. The molecule has 0 bridgehead atoms. The molecule has 1 N–H and O–H groups in total. The molecular formula is C27H24O3. The van der Waals surface area contributed by atoms with Gasteiger partial charge in [0.15, 0.2) is 5.78 Å². The SMILES string of the molecule is Cc1ccc(-c2oc3ccc4ccccc4c3c2C2=C(O)CC(C)(C)CC2=O)cc1. The van der Waals surface area contributed by atoms with Gasteiger partial charge in [-0.1, -0.05) is 74.0 Å². The Hall–Kier alpha value is -3.33. The maximum absolute atomic E-state index is 13.3. The minimum Gasteiger partial charge on any atom is -0.512 e. The van der Waals surface area contributed by atoms with Crippen LogP contribution in [0.3, 0.4) is 0 Å². The Morgan fingerprint density at radius 2 is 1.67 bits per heavy atom. The number of benzene rings is 3. The summed E-state index contributed by atoms with van der Waals surface area (Å²) >= 11 is 0. The predicted molar refractivity (Wildman–Crippen MR) is 121 cm³/mol. The highest BCUT2D eigenvalue weighted by atomic mass is 16.3. The number of allylic oxidation sites excluding steroid dienone is 2. The Labute approximate surface area is 175 Å². The fourth-order valence-electron chi connectivity index (χ4n) is 4.59. The fraction of sp³-hybridized carbons (Fsp3) is 0.222. The highest BCUT2D eigenvalue weighted by Gasteiger charge is 2.36. The van der Waals surface area contributed by atoms with Gasteiger partial charge >= 0.3 is 0 Å². The molecule has 0 saturated carbocycles. The normalized spacial score (nSPS) is 16.6. The van der Waals surface area contributed by atoms with E-state index in [2.05, 4.69) is 6.07 Å². The molecular weight excluding hydrogens is 372 g/mol. The number of carbonyl (C=O) groups excluding carboxylic acids is 1. The second-order valence-electron chi connectivity index (χ2n) is 9.09. The van der Waals surface area contributed by atoms with E-state index in [9.17, 15) is 9.90 Å². The lowest BCUT2D eigenvalue weighted by Crippen LogP contribution is -2.25. The lowest BCUT2D eigenvalue weighted by atomic mass is 9.74. The zero-order valence-corrected chi connectivity index (χ0v) is 17.5. The van der Waals surface area contributed by atoms with Gasteiger partial charge in [-0.2, -0.15) is 0 Å². The van der Waals surface area contributed by atoms with Crippen molar-refractivity contribution in [3.8, 4) is 11.3 Å². The summed E-state index contributed by atoms with van der Waals surface area (Å²) < 4.78 is 6.34. The summed E-state index contributed by atoms with van der Waals surface area (Å²) in [5.41, 5.74) is 3.63. The zero-order valence-electron chi connectivity index (χ0n) is 17.5. The number of rotatable bonds is 2. The van der Waals surface area contributed by atoms with Gasteiger partial charge < -0.3 is 9.52 Å². The maximum Gasteiger partial charge on any atom is 0.167 e. The van der Waals surface area contributed by atoms with Crippen molar-refractivity contribution in [2.45, 2.75) is 33.6 Å². The first kappa shape index (κ1) is 18.7. The van der Waals surface area contributed by atoms with Crippen LogP contribution in [0.5, 0.6) is 0 Å². The van der Waals surface area contributed by atoms with Gasteiger partial charge in [0.05, 0.1) is 5.57 Å². The average molecular weight is 396 g/mol. The number of ketones is 1. The summed E-state index contributed by atoms with van der Waals surface area (Å²) in [6, 6.07) is 20.2. The van der Waals surface area contributed by atoms with Crippen molar-refractivity contribution >= 4 is 33.1 Å². The molecule has 0 unspecified atom stereocenters. The number of hydrogen-bond donors (Lipinski definition) is 1. The molecule has 0 atom stereocenters. The molecule has 30 heavy (non-hydrogen) atoms. The Morgan fingerprint density at radius 1 is 0.933 bits per heavy atom. The number of aliphatic hydroxyl groups is 1. The maximum atomic E-state index is 13.3. The van der Waals surface area contributed by atoms with Crippen LogP contribution in [-0.4, -0.2) is 10.9 Å². The van der Waals surface area contributed by atoms with Crippen molar-refractivity contribution in [1.82, 2.24) is 0 Å². The van der Waals surface area contributed by atoms with Crippen LogP contribution < -0.4 is 0 Å². The molecule has 150 valence electrons. The van der Waals surface area contributed by atoms with E-state index >= 15 is 0 Å². The van der Waals surface area contributed by atoms with Crippen LogP contribution in [0.1, 0.15) is 37.8 Å². The number of Topliss-reactive ketones (excluding diaryl/α,β-unsaturated/α-hetero) is 1. The monoisotopic (exact) mass is 396 g/mol. The number of furan rings is 1. The minimum absolute atomic E-state index is 0.0345. The second-order valence-corrected chi connectivity index (χ2v) is 9.09. The first-order valence-electron chi connectivity index (χ1n) is 10.3. The van der Waals surface area contributed by atoms with Gasteiger partial charge in [0.25, 0.3) is 0 Å². The van der Waals surface area contributed by atoms with Gasteiger partial charge in [-0.05, 0) is 29.2 Å². The molecule has 1 heterocycles. The van der Waals surface area contributed by atoms with Gasteiger partial charge in [-0.15, -0.1) is 0 Å². The van der Waals surface area contributed by atoms with Crippen LogP contribution in [0.15, 0.2) is 70.8 Å². The third kappa shape index (κ3) is 2.93. The summed E-state index contributed by atoms with van der Waals surface area (Å²) in [6.07, 6.45) is 0.871. The second kappa shape index (κ2) is 6.60. The summed E-state index contributed by atoms with van der Waals surface area (Å²) in [6.45, 7) is 6.07. The summed E-state index contributed by atoms with van der Waals surface area (Å²) in [7, 11) is 0.